The van der Waals surface area contributed by atoms with Crippen LogP contribution < -0.4 is 0 Å². The molecule has 0 N–H and O–H groups in total. The van der Waals surface area contributed by atoms with Crippen molar-refractivity contribution in [3.8, 4) is 0 Å². The molecule has 14 heavy (non-hydrogen) atoms. The minimum absolute atomic E-state index is 0.0988. The van der Waals surface area contributed by atoms with E-state index in [1.54, 1.807) is 0 Å². The Labute approximate surface area is 86.0 Å². The first kappa shape index (κ1) is 9.71. The maximum atomic E-state index is 13.3. The second kappa shape index (κ2) is 2.82. The van der Waals surface area contributed by atoms with Crippen molar-refractivity contribution >= 4 is 21.7 Å². The van der Waals surface area contributed by atoms with Crippen LogP contribution in [-0.2, 0) is 6.42 Å². The van der Waals surface area contributed by atoms with Crippen LogP contribution in [0.3, 0.4) is 0 Å². The Bertz CT molecular complexity index is 428. The van der Waals surface area contributed by atoms with Gasteiger partial charge in [0.2, 0.25) is 5.78 Å². The number of Topliss-reactive ketones (excluding diaryl/α,β-unsaturated/α-hetero) is 1. The quantitative estimate of drug-likeness (QED) is 0.704. The third-order valence-electron chi connectivity index (χ3n) is 2.17. The zero-order valence-electron chi connectivity index (χ0n) is 6.78. The fraction of sp³-hybridized carbons (Fsp3) is 0.222. The highest BCUT2D eigenvalue weighted by Gasteiger charge is 2.48. The number of rotatable bonds is 0. The van der Waals surface area contributed by atoms with Crippen LogP contribution in [0, 0.1) is 5.82 Å². The minimum Gasteiger partial charge on any atom is -0.287 e. The molecule has 1 nitrogen and oxygen atoms in total. The first-order valence-corrected chi connectivity index (χ1v) is 4.62. The van der Waals surface area contributed by atoms with Crippen LogP contribution in [0.25, 0.3) is 0 Å². The predicted molar refractivity (Wildman–Crippen MR) is 47.1 cm³/mol. The highest BCUT2D eigenvalue weighted by Crippen LogP contribution is 2.37. The summed E-state index contributed by atoms with van der Waals surface area (Å²) in [5.74, 6) is -5.52. The van der Waals surface area contributed by atoms with Crippen molar-refractivity contribution in [1.29, 1.82) is 0 Å². The number of halogens is 4. The molecule has 1 aliphatic rings. The molecule has 0 unspecified atom stereocenters. The maximum Gasteiger partial charge on any atom is 0.313 e. The number of benzene rings is 1. The highest BCUT2D eigenvalue weighted by atomic mass is 79.9. The molecule has 0 aliphatic heterocycles. The van der Waals surface area contributed by atoms with Crippen molar-refractivity contribution in [3.63, 3.8) is 0 Å². The van der Waals surface area contributed by atoms with Crippen molar-refractivity contribution in [2.75, 3.05) is 0 Å². The molecular weight excluding hydrogens is 261 g/mol. The lowest BCUT2D eigenvalue weighted by Crippen LogP contribution is -2.23. The van der Waals surface area contributed by atoms with Crippen LogP contribution >= 0.6 is 15.9 Å². The molecule has 0 spiro atoms. The number of ketones is 1. The average Bonchev–Trinajstić information content (AvgIpc) is 2.33. The fourth-order valence-electron chi connectivity index (χ4n) is 1.48. The maximum absolute atomic E-state index is 13.3. The lowest BCUT2D eigenvalue weighted by atomic mass is 10.1. The van der Waals surface area contributed by atoms with Crippen molar-refractivity contribution in [1.82, 2.24) is 0 Å². The molecule has 0 atom stereocenters. The van der Waals surface area contributed by atoms with Gasteiger partial charge in [-0.15, -0.1) is 0 Å². The van der Waals surface area contributed by atoms with Crippen molar-refractivity contribution in [2.24, 2.45) is 0 Å². The van der Waals surface area contributed by atoms with Crippen LogP contribution in [0.2, 0.25) is 0 Å². The zero-order chi connectivity index (χ0) is 10.5. The van der Waals surface area contributed by atoms with Gasteiger partial charge < -0.3 is 0 Å². The molecule has 0 amide bonds. The summed E-state index contributed by atoms with van der Waals surface area (Å²) in [4.78, 5) is 11.0. The fourth-order valence-corrected chi connectivity index (χ4v) is 1.85. The van der Waals surface area contributed by atoms with Crippen molar-refractivity contribution in [2.45, 2.75) is 12.3 Å². The van der Waals surface area contributed by atoms with Gasteiger partial charge >= 0.3 is 5.92 Å². The molecule has 1 aromatic carbocycles. The second-order valence-corrected chi connectivity index (χ2v) is 3.95. The summed E-state index contributed by atoms with van der Waals surface area (Å²) in [6.07, 6.45) is -0.841. The zero-order valence-corrected chi connectivity index (χ0v) is 8.37. The summed E-state index contributed by atoms with van der Waals surface area (Å²) in [5, 5.41) is 0. The van der Waals surface area contributed by atoms with Crippen LogP contribution in [0.5, 0.6) is 0 Å². The van der Waals surface area contributed by atoms with E-state index in [2.05, 4.69) is 15.9 Å². The van der Waals surface area contributed by atoms with Gasteiger partial charge in [-0.1, -0.05) is 0 Å². The van der Waals surface area contributed by atoms with E-state index in [0.717, 1.165) is 0 Å². The lowest BCUT2D eigenvalue weighted by molar-refractivity contribution is 0.0165. The molecule has 1 aromatic rings. The molecule has 0 saturated carbocycles. The molecule has 0 radical (unpaired) electrons. The van der Waals surface area contributed by atoms with E-state index in [1.165, 1.54) is 12.1 Å². The number of carbonyl (C=O) groups is 1. The monoisotopic (exact) mass is 264 g/mol. The van der Waals surface area contributed by atoms with Gasteiger partial charge in [0.25, 0.3) is 0 Å². The first-order chi connectivity index (χ1) is 6.43. The summed E-state index contributed by atoms with van der Waals surface area (Å²) >= 11 is 2.88. The molecule has 0 heterocycles. The largest absolute Gasteiger partial charge is 0.313 e. The molecule has 0 fully saturated rings. The van der Waals surface area contributed by atoms with E-state index in [4.69, 9.17) is 0 Å². The average molecular weight is 265 g/mol. The topological polar surface area (TPSA) is 17.1 Å². The lowest BCUT2D eigenvalue weighted by Gasteiger charge is -2.03. The summed E-state index contributed by atoms with van der Waals surface area (Å²) in [6.45, 7) is 0. The number of alkyl halides is 2. The molecule has 1 aliphatic carbocycles. The first-order valence-electron chi connectivity index (χ1n) is 3.83. The van der Waals surface area contributed by atoms with Gasteiger partial charge in [-0.3, -0.25) is 4.79 Å². The Morgan fingerprint density at radius 2 is 2.00 bits per heavy atom. The molecular formula is C9H4BrF3O. The molecule has 2 rings (SSSR count). The molecule has 5 heteroatoms. The third-order valence-corrected chi connectivity index (χ3v) is 2.78. The molecule has 0 aromatic heterocycles. The Kier molecular flexibility index (Phi) is 1.96. The molecule has 74 valence electrons. The summed E-state index contributed by atoms with van der Waals surface area (Å²) < 4.78 is 39.2. The van der Waals surface area contributed by atoms with E-state index in [0.29, 0.717) is 0 Å². The van der Waals surface area contributed by atoms with Gasteiger partial charge in [0.1, 0.15) is 5.82 Å². The molecule has 0 saturated heterocycles. The smallest absolute Gasteiger partial charge is 0.287 e. The Morgan fingerprint density at radius 3 is 2.64 bits per heavy atom. The van der Waals surface area contributed by atoms with Crippen molar-refractivity contribution in [3.05, 3.63) is 33.5 Å². The third kappa shape index (κ3) is 1.19. The van der Waals surface area contributed by atoms with E-state index < -0.39 is 23.9 Å². The van der Waals surface area contributed by atoms with E-state index in [9.17, 15) is 18.0 Å². The predicted octanol–water partition coefficient (Wildman–Crippen LogP) is 2.96. The number of hydrogen-bond acceptors (Lipinski definition) is 1. The van der Waals surface area contributed by atoms with Crippen LogP contribution in [0.15, 0.2) is 16.6 Å². The Hall–Kier alpha value is -0.840. The van der Waals surface area contributed by atoms with Gasteiger partial charge in [0, 0.05) is 17.5 Å². The Morgan fingerprint density at radius 1 is 1.36 bits per heavy atom. The van der Waals surface area contributed by atoms with Crippen LogP contribution in [0.4, 0.5) is 13.2 Å². The van der Waals surface area contributed by atoms with Crippen LogP contribution in [0.1, 0.15) is 15.9 Å². The number of carbonyl (C=O) groups excluding carboxylic acids is 1. The standard InChI is InChI=1S/C9H4BrF3O/c10-6-2-1-4-5(7(6)11)3-9(12,13)8(4)14/h1-2H,3H2. The van der Waals surface area contributed by atoms with E-state index >= 15 is 0 Å². The second-order valence-electron chi connectivity index (χ2n) is 3.10. The minimum atomic E-state index is -3.45. The summed E-state index contributed by atoms with van der Waals surface area (Å²) in [5.41, 5.74) is -0.412. The van der Waals surface area contributed by atoms with Gasteiger partial charge in [-0.2, -0.15) is 8.78 Å². The summed E-state index contributed by atoms with van der Waals surface area (Å²) in [6, 6.07) is 2.47. The van der Waals surface area contributed by atoms with Crippen molar-refractivity contribution < 1.29 is 18.0 Å². The van der Waals surface area contributed by atoms with Gasteiger partial charge in [-0.25, -0.2) is 4.39 Å². The highest BCUT2D eigenvalue weighted by molar-refractivity contribution is 9.10. The molecule has 0 bridgehead atoms. The van der Waals surface area contributed by atoms with E-state index in [-0.39, 0.29) is 15.6 Å². The SMILES string of the molecule is O=C1c2ccc(Br)c(F)c2CC1(F)F. The van der Waals surface area contributed by atoms with Crippen LogP contribution in [-0.4, -0.2) is 11.7 Å². The normalized spacial score (nSPS) is 18.4. The van der Waals surface area contributed by atoms with E-state index in [1.807, 2.05) is 0 Å². The van der Waals surface area contributed by atoms with Gasteiger partial charge in [0.05, 0.1) is 4.47 Å². The Balaban J connectivity index is 2.65. The number of fused-ring (bicyclic) bond motifs is 1. The van der Waals surface area contributed by atoms with Gasteiger partial charge in [-0.05, 0) is 28.1 Å². The summed E-state index contributed by atoms with van der Waals surface area (Å²) in [7, 11) is 0. The number of hydrogen-bond donors (Lipinski definition) is 0. The van der Waals surface area contributed by atoms with Gasteiger partial charge in [0.15, 0.2) is 0 Å².